The highest BCUT2D eigenvalue weighted by molar-refractivity contribution is 6.09. The molecular weight excluding hydrogens is 671 g/mol. The molecule has 2 aliphatic rings. The average Bonchev–Trinajstić information content (AvgIpc) is 4.01. The van der Waals surface area contributed by atoms with E-state index in [-0.39, 0.29) is 0 Å². The summed E-state index contributed by atoms with van der Waals surface area (Å²) in [4.78, 5) is 0. The van der Waals surface area contributed by atoms with Gasteiger partial charge < -0.3 is 4.42 Å². The van der Waals surface area contributed by atoms with Crippen LogP contribution < -0.4 is 0 Å². The highest BCUT2D eigenvalue weighted by Crippen LogP contribution is 2.63. The van der Waals surface area contributed by atoms with Gasteiger partial charge in [-0.25, -0.2) is 0 Å². The van der Waals surface area contributed by atoms with Gasteiger partial charge in [0.05, 0.1) is 5.41 Å². The first-order chi connectivity index (χ1) is 27.3. The Bertz CT molecular complexity index is 3090. The zero-order valence-electron chi connectivity index (χ0n) is 29.6. The Hall–Kier alpha value is -7.30. The smallest absolute Gasteiger partial charge is 0.168 e. The van der Waals surface area contributed by atoms with Crippen LogP contribution in [-0.4, -0.2) is 14.8 Å². The molecule has 12 rings (SSSR count). The molecule has 4 heteroatoms. The lowest BCUT2D eigenvalue weighted by Gasteiger charge is -2.30. The first kappa shape index (κ1) is 30.2. The fourth-order valence-corrected chi connectivity index (χ4v) is 9.49. The molecule has 0 aliphatic heterocycles. The maximum absolute atomic E-state index is 6.38. The number of aromatic nitrogens is 3. The Morgan fingerprint density at radius 1 is 0.382 bits per heavy atom. The molecule has 0 saturated heterocycles. The zero-order valence-corrected chi connectivity index (χ0v) is 29.6. The molecule has 55 heavy (non-hydrogen) atoms. The Morgan fingerprint density at radius 3 is 1.58 bits per heavy atom. The lowest BCUT2D eigenvalue weighted by atomic mass is 9.70. The standard InChI is InChI=1S/C51H31N3O/c1-2-13-35(14-3-1)54-49(33-27-25-32(26-28-33)36-19-12-20-42-41-18-7-11-24-47(41)55-48(36)42)52-53-50(54)34-29-30-40-39-17-6-10-23-45(39)51(46(40)31-34)43-21-8-4-15-37(43)38-16-5-9-22-44(38)51/h1-31H. The molecule has 0 fully saturated rings. The molecule has 0 atom stereocenters. The summed E-state index contributed by atoms with van der Waals surface area (Å²) in [6, 6.07) is 67.3. The first-order valence-corrected chi connectivity index (χ1v) is 18.7. The van der Waals surface area contributed by atoms with Gasteiger partial charge in [-0.2, -0.15) is 0 Å². The Kier molecular flexibility index (Phi) is 6.23. The van der Waals surface area contributed by atoms with E-state index in [4.69, 9.17) is 14.6 Å². The van der Waals surface area contributed by atoms with Crippen LogP contribution in [0.1, 0.15) is 22.3 Å². The van der Waals surface area contributed by atoms with Gasteiger partial charge in [0.2, 0.25) is 0 Å². The molecule has 1 spiro atoms. The lowest BCUT2D eigenvalue weighted by molar-refractivity contribution is 0.670. The molecule has 0 N–H and O–H groups in total. The molecule has 2 aliphatic carbocycles. The van der Waals surface area contributed by atoms with Crippen LogP contribution >= 0.6 is 0 Å². The Morgan fingerprint density at radius 2 is 0.891 bits per heavy atom. The van der Waals surface area contributed by atoms with Gasteiger partial charge in [0.25, 0.3) is 0 Å². The van der Waals surface area contributed by atoms with Crippen molar-refractivity contribution in [3.8, 4) is 61.8 Å². The van der Waals surface area contributed by atoms with Crippen LogP contribution in [0.3, 0.4) is 0 Å². The topological polar surface area (TPSA) is 43.9 Å². The molecule has 0 bridgehead atoms. The number of hydrogen-bond acceptors (Lipinski definition) is 3. The molecule has 2 aromatic heterocycles. The molecule has 4 nitrogen and oxygen atoms in total. The molecule has 10 aromatic rings. The fourth-order valence-electron chi connectivity index (χ4n) is 9.49. The van der Waals surface area contributed by atoms with Crippen molar-refractivity contribution >= 4 is 21.9 Å². The summed E-state index contributed by atoms with van der Waals surface area (Å²) in [5.41, 5.74) is 16.9. The van der Waals surface area contributed by atoms with Crippen molar-refractivity contribution < 1.29 is 4.42 Å². The largest absolute Gasteiger partial charge is 0.455 e. The van der Waals surface area contributed by atoms with E-state index in [1.807, 2.05) is 18.2 Å². The third-order valence-corrected chi connectivity index (χ3v) is 11.8. The highest BCUT2D eigenvalue weighted by Gasteiger charge is 2.51. The van der Waals surface area contributed by atoms with Gasteiger partial charge in [-0.15, -0.1) is 10.2 Å². The normalized spacial score (nSPS) is 13.2. The zero-order chi connectivity index (χ0) is 36.1. The van der Waals surface area contributed by atoms with Gasteiger partial charge in [-0.1, -0.05) is 164 Å². The van der Waals surface area contributed by atoms with E-state index in [0.717, 1.165) is 61.5 Å². The monoisotopic (exact) mass is 701 g/mol. The summed E-state index contributed by atoms with van der Waals surface area (Å²) in [5, 5.41) is 12.1. The van der Waals surface area contributed by atoms with Gasteiger partial charge >= 0.3 is 0 Å². The number of nitrogens with zero attached hydrogens (tertiary/aromatic N) is 3. The van der Waals surface area contributed by atoms with Crippen LogP contribution in [0.5, 0.6) is 0 Å². The van der Waals surface area contributed by atoms with E-state index in [1.54, 1.807) is 0 Å². The van der Waals surface area contributed by atoms with Crippen molar-refractivity contribution in [3.63, 3.8) is 0 Å². The van der Waals surface area contributed by atoms with Crippen LogP contribution in [0.25, 0.3) is 83.8 Å². The average molecular weight is 702 g/mol. The molecule has 8 aromatic carbocycles. The van der Waals surface area contributed by atoms with Crippen molar-refractivity contribution in [2.45, 2.75) is 5.41 Å². The van der Waals surface area contributed by atoms with E-state index in [2.05, 4.69) is 174 Å². The third-order valence-electron chi connectivity index (χ3n) is 11.8. The fraction of sp³-hybridized carbons (Fsp3) is 0.0196. The Labute approximate surface area is 317 Å². The summed E-state index contributed by atoms with van der Waals surface area (Å²) < 4.78 is 8.58. The quantitative estimate of drug-likeness (QED) is 0.183. The lowest BCUT2D eigenvalue weighted by Crippen LogP contribution is -2.25. The summed E-state index contributed by atoms with van der Waals surface area (Å²) in [7, 11) is 0. The molecule has 0 amide bonds. The predicted octanol–water partition coefficient (Wildman–Crippen LogP) is 12.5. The van der Waals surface area contributed by atoms with Crippen molar-refractivity contribution in [2.75, 3.05) is 0 Å². The van der Waals surface area contributed by atoms with Crippen molar-refractivity contribution in [3.05, 3.63) is 210 Å². The number of rotatable bonds is 4. The number of fused-ring (bicyclic) bond motifs is 13. The highest BCUT2D eigenvalue weighted by atomic mass is 16.3. The molecular formula is C51H31N3O. The van der Waals surface area contributed by atoms with Gasteiger partial charge in [-0.3, -0.25) is 4.57 Å². The maximum Gasteiger partial charge on any atom is 0.168 e. The van der Waals surface area contributed by atoms with Crippen molar-refractivity contribution in [1.29, 1.82) is 0 Å². The molecule has 256 valence electrons. The van der Waals surface area contributed by atoms with Crippen LogP contribution in [0.2, 0.25) is 0 Å². The van der Waals surface area contributed by atoms with Gasteiger partial charge in [-0.05, 0) is 74.3 Å². The predicted molar refractivity (Wildman–Crippen MR) is 221 cm³/mol. The minimum atomic E-state index is -0.436. The summed E-state index contributed by atoms with van der Waals surface area (Å²) >= 11 is 0. The maximum atomic E-state index is 6.38. The van der Waals surface area contributed by atoms with E-state index < -0.39 is 5.41 Å². The first-order valence-electron chi connectivity index (χ1n) is 18.7. The molecule has 2 heterocycles. The van der Waals surface area contributed by atoms with Crippen LogP contribution in [0, 0.1) is 0 Å². The minimum absolute atomic E-state index is 0.436. The van der Waals surface area contributed by atoms with Gasteiger partial charge in [0, 0.05) is 33.2 Å². The summed E-state index contributed by atoms with van der Waals surface area (Å²) in [6.45, 7) is 0. The summed E-state index contributed by atoms with van der Waals surface area (Å²) in [6.07, 6.45) is 0. The second-order valence-electron chi connectivity index (χ2n) is 14.5. The van der Waals surface area contributed by atoms with Gasteiger partial charge in [0.15, 0.2) is 11.6 Å². The number of hydrogen-bond donors (Lipinski definition) is 0. The molecule has 0 radical (unpaired) electrons. The second-order valence-corrected chi connectivity index (χ2v) is 14.5. The van der Waals surface area contributed by atoms with Crippen molar-refractivity contribution in [2.24, 2.45) is 0 Å². The van der Waals surface area contributed by atoms with Gasteiger partial charge in [0.1, 0.15) is 11.2 Å². The van der Waals surface area contributed by atoms with E-state index in [1.165, 1.54) is 44.5 Å². The van der Waals surface area contributed by atoms with Crippen LogP contribution in [-0.2, 0) is 5.41 Å². The Balaban J connectivity index is 1.03. The molecule has 0 unspecified atom stereocenters. The van der Waals surface area contributed by atoms with Crippen LogP contribution in [0.4, 0.5) is 0 Å². The van der Waals surface area contributed by atoms with E-state index in [0.29, 0.717) is 0 Å². The van der Waals surface area contributed by atoms with Crippen molar-refractivity contribution in [1.82, 2.24) is 14.8 Å². The van der Waals surface area contributed by atoms with E-state index in [9.17, 15) is 0 Å². The number of para-hydroxylation sites is 3. The minimum Gasteiger partial charge on any atom is -0.455 e. The second kappa shape index (κ2) is 11.3. The van der Waals surface area contributed by atoms with Crippen LogP contribution in [0.15, 0.2) is 192 Å². The summed E-state index contributed by atoms with van der Waals surface area (Å²) in [5.74, 6) is 1.58. The van der Waals surface area contributed by atoms with E-state index >= 15 is 0 Å². The number of furan rings is 1. The molecule has 0 saturated carbocycles. The third kappa shape index (κ3) is 4.11. The SMILES string of the molecule is c1ccc(-n2c(-c3ccc(-c4cccc5c4oc4ccccc45)cc3)nnc2-c2ccc3c(c2)C2(c4ccccc4-c4ccccc42)c2ccccc2-3)cc1. The number of benzene rings is 8.